The lowest BCUT2D eigenvalue weighted by Crippen LogP contribution is -2.14. The van der Waals surface area contributed by atoms with Gasteiger partial charge in [-0.25, -0.2) is 8.78 Å². The Morgan fingerprint density at radius 1 is 1.38 bits per heavy atom. The number of halogens is 3. The van der Waals surface area contributed by atoms with Gasteiger partial charge in [0.2, 0.25) is 5.91 Å². The first-order valence-corrected chi connectivity index (χ1v) is 5.80. The van der Waals surface area contributed by atoms with Gasteiger partial charge in [0, 0.05) is 10.9 Å². The first-order valence-electron chi connectivity index (χ1n) is 5.00. The second-order valence-electron chi connectivity index (χ2n) is 3.94. The molecule has 0 aromatic heterocycles. The Morgan fingerprint density at radius 2 is 1.94 bits per heavy atom. The summed E-state index contributed by atoms with van der Waals surface area (Å²) in [6.07, 6.45) is 2.40. The Kier molecular flexibility index (Phi) is 3.23. The standard InChI is InChI=1S/C11H10BrF2NO/c12-7-4-8(13)11(9(14)5-7)15-10(16)3-6-1-2-6/h4-6H,1-3H2,(H,15,16). The Morgan fingerprint density at radius 3 is 2.44 bits per heavy atom. The summed E-state index contributed by atoms with van der Waals surface area (Å²) in [6, 6.07) is 2.24. The molecule has 0 radical (unpaired) electrons. The Bertz CT molecular complexity index is 409. The molecule has 0 saturated heterocycles. The first-order chi connectivity index (χ1) is 7.56. The maximum Gasteiger partial charge on any atom is 0.224 e. The molecule has 1 saturated carbocycles. The molecule has 0 aliphatic heterocycles. The molecule has 16 heavy (non-hydrogen) atoms. The topological polar surface area (TPSA) is 29.1 Å². The summed E-state index contributed by atoms with van der Waals surface area (Å²) in [7, 11) is 0. The van der Waals surface area contributed by atoms with Crippen LogP contribution in [0.3, 0.4) is 0 Å². The molecule has 1 N–H and O–H groups in total. The van der Waals surface area contributed by atoms with Gasteiger partial charge in [-0.1, -0.05) is 15.9 Å². The molecule has 86 valence electrons. The van der Waals surface area contributed by atoms with Crippen LogP contribution in [0, 0.1) is 17.6 Å². The fourth-order valence-electron chi connectivity index (χ4n) is 1.44. The van der Waals surface area contributed by atoms with Gasteiger partial charge in [0.25, 0.3) is 0 Å². The number of nitrogens with one attached hydrogen (secondary N) is 1. The highest BCUT2D eigenvalue weighted by Gasteiger charge is 2.25. The van der Waals surface area contributed by atoms with E-state index in [1.165, 1.54) is 0 Å². The van der Waals surface area contributed by atoms with E-state index in [0.717, 1.165) is 25.0 Å². The molecular formula is C11H10BrF2NO. The summed E-state index contributed by atoms with van der Waals surface area (Å²) in [5.74, 6) is -1.48. The normalized spacial score (nSPS) is 14.9. The third kappa shape index (κ3) is 2.78. The predicted molar refractivity (Wildman–Crippen MR) is 60.0 cm³/mol. The van der Waals surface area contributed by atoms with Crippen LogP contribution in [0.2, 0.25) is 0 Å². The van der Waals surface area contributed by atoms with Crippen molar-refractivity contribution in [1.82, 2.24) is 0 Å². The number of rotatable bonds is 3. The van der Waals surface area contributed by atoms with E-state index in [4.69, 9.17) is 0 Å². The average Bonchev–Trinajstić information content (AvgIpc) is 2.95. The van der Waals surface area contributed by atoms with Crippen LogP contribution in [0.4, 0.5) is 14.5 Å². The van der Waals surface area contributed by atoms with Crippen LogP contribution in [-0.2, 0) is 4.79 Å². The van der Waals surface area contributed by atoms with Crippen molar-refractivity contribution in [3.63, 3.8) is 0 Å². The lowest BCUT2D eigenvalue weighted by Gasteiger charge is -2.07. The highest BCUT2D eigenvalue weighted by atomic mass is 79.9. The maximum atomic E-state index is 13.3. The van der Waals surface area contributed by atoms with Gasteiger partial charge in [-0.05, 0) is 30.9 Å². The minimum absolute atomic E-state index is 0.308. The molecule has 2 rings (SSSR count). The number of hydrogen-bond acceptors (Lipinski definition) is 1. The zero-order chi connectivity index (χ0) is 11.7. The molecule has 0 bridgehead atoms. The van der Waals surface area contributed by atoms with Gasteiger partial charge in [-0.3, -0.25) is 4.79 Å². The SMILES string of the molecule is O=C(CC1CC1)Nc1c(F)cc(Br)cc1F. The van der Waals surface area contributed by atoms with Crippen LogP contribution in [0.15, 0.2) is 16.6 Å². The van der Waals surface area contributed by atoms with Crippen LogP contribution in [-0.4, -0.2) is 5.91 Å². The molecule has 1 aromatic carbocycles. The van der Waals surface area contributed by atoms with Crippen molar-refractivity contribution in [2.24, 2.45) is 5.92 Å². The second-order valence-corrected chi connectivity index (χ2v) is 4.86. The monoisotopic (exact) mass is 289 g/mol. The van der Waals surface area contributed by atoms with E-state index >= 15 is 0 Å². The number of benzene rings is 1. The lowest BCUT2D eigenvalue weighted by atomic mass is 10.2. The number of carbonyl (C=O) groups is 1. The van der Waals surface area contributed by atoms with Gasteiger partial charge in [-0.2, -0.15) is 0 Å². The quantitative estimate of drug-likeness (QED) is 0.907. The molecule has 1 amide bonds. The zero-order valence-electron chi connectivity index (χ0n) is 8.40. The lowest BCUT2D eigenvalue weighted by molar-refractivity contribution is -0.116. The van der Waals surface area contributed by atoms with Gasteiger partial charge in [0.05, 0.1) is 0 Å². The summed E-state index contributed by atoms with van der Waals surface area (Å²) >= 11 is 2.97. The van der Waals surface area contributed by atoms with Crippen molar-refractivity contribution < 1.29 is 13.6 Å². The van der Waals surface area contributed by atoms with Crippen molar-refractivity contribution in [2.75, 3.05) is 5.32 Å². The van der Waals surface area contributed by atoms with Crippen molar-refractivity contribution in [1.29, 1.82) is 0 Å². The first kappa shape index (κ1) is 11.5. The highest BCUT2D eigenvalue weighted by molar-refractivity contribution is 9.10. The molecular weight excluding hydrogens is 280 g/mol. The summed E-state index contributed by atoms with van der Waals surface area (Å²) in [4.78, 5) is 11.4. The van der Waals surface area contributed by atoms with E-state index < -0.39 is 11.6 Å². The van der Waals surface area contributed by atoms with Crippen molar-refractivity contribution in [3.05, 3.63) is 28.2 Å². The maximum absolute atomic E-state index is 13.3. The second kappa shape index (κ2) is 4.49. The largest absolute Gasteiger partial charge is 0.321 e. The van der Waals surface area contributed by atoms with Crippen LogP contribution in [0.1, 0.15) is 19.3 Å². The van der Waals surface area contributed by atoms with Crippen molar-refractivity contribution in [3.8, 4) is 0 Å². The molecule has 2 nitrogen and oxygen atoms in total. The fraction of sp³-hybridized carbons (Fsp3) is 0.364. The molecule has 1 aliphatic rings. The molecule has 1 fully saturated rings. The minimum atomic E-state index is -0.768. The molecule has 1 aromatic rings. The molecule has 1 aliphatic carbocycles. The average molecular weight is 290 g/mol. The predicted octanol–water partition coefficient (Wildman–Crippen LogP) is 3.47. The smallest absolute Gasteiger partial charge is 0.224 e. The summed E-state index contributed by atoms with van der Waals surface area (Å²) in [5.41, 5.74) is -0.367. The Hall–Kier alpha value is -0.970. The van der Waals surface area contributed by atoms with Gasteiger partial charge in [-0.15, -0.1) is 0 Å². The fourth-order valence-corrected chi connectivity index (χ4v) is 1.84. The molecule has 0 heterocycles. The third-order valence-corrected chi connectivity index (χ3v) is 2.90. The van der Waals surface area contributed by atoms with Crippen molar-refractivity contribution in [2.45, 2.75) is 19.3 Å². The summed E-state index contributed by atoms with van der Waals surface area (Å²) in [5, 5.41) is 2.27. The summed E-state index contributed by atoms with van der Waals surface area (Å²) < 4.78 is 27.0. The molecule has 0 unspecified atom stereocenters. The number of hydrogen-bond donors (Lipinski definition) is 1. The van der Waals surface area contributed by atoms with E-state index in [1.807, 2.05) is 0 Å². The van der Waals surface area contributed by atoms with E-state index in [1.54, 1.807) is 0 Å². The number of carbonyl (C=O) groups excluding carboxylic acids is 1. The molecule has 5 heteroatoms. The Labute approximate surface area is 100 Å². The Balaban J connectivity index is 2.10. The number of anilines is 1. The highest BCUT2D eigenvalue weighted by Crippen LogP contribution is 2.33. The van der Waals surface area contributed by atoms with Crippen LogP contribution >= 0.6 is 15.9 Å². The molecule has 0 spiro atoms. The van der Waals surface area contributed by atoms with Crippen LogP contribution in [0.5, 0.6) is 0 Å². The van der Waals surface area contributed by atoms with Crippen molar-refractivity contribution >= 4 is 27.5 Å². The van der Waals surface area contributed by atoms with Gasteiger partial charge in [0.1, 0.15) is 5.69 Å². The zero-order valence-corrected chi connectivity index (χ0v) is 9.98. The molecule has 0 atom stereocenters. The van der Waals surface area contributed by atoms with E-state index in [0.29, 0.717) is 16.8 Å². The van der Waals surface area contributed by atoms with Gasteiger partial charge >= 0.3 is 0 Å². The summed E-state index contributed by atoms with van der Waals surface area (Å²) in [6.45, 7) is 0. The van der Waals surface area contributed by atoms with Gasteiger partial charge < -0.3 is 5.32 Å². The third-order valence-electron chi connectivity index (χ3n) is 2.44. The van der Waals surface area contributed by atoms with E-state index in [9.17, 15) is 13.6 Å². The minimum Gasteiger partial charge on any atom is -0.321 e. The van der Waals surface area contributed by atoms with Crippen LogP contribution in [0.25, 0.3) is 0 Å². The number of amides is 1. The van der Waals surface area contributed by atoms with Crippen LogP contribution < -0.4 is 5.32 Å². The van der Waals surface area contributed by atoms with Gasteiger partial charge in [0.15, 0.2) is 11.6 Å². The van der Waals surface area contributed by atoms with E-state index in [-0.39, 0.29) is 11.6 Å². The van der Waals surface area contributed by atoms with E-state index in [2.05, 4.69) is 21.2 Å².